The van der Waals surface area contributed by atoms with Crippen molar-refractivity contribution >= 4 is 21.8 Å². The fraction of sp³-hybridized carbons (Fsp3) is 0.464. The summed E-state index contributed by atoms with van der Waals surface area (Å²) in [5, 5.41) is 2.94. The van der Waals surface area contributed by atoms with Crippen LogP contribution in [0.2, 0.25) is 0 Å². The summed E-state index contributed by atoms with van der Waals surface area (Å²) in [6, 6.07) is 15.0. The molecule has 2 heterocycles. The van der Waals surface area contributed by atoms with E-state index in [1.165, 1.54) is 23.5 Å². The van der Waals surface area contributed by atoms with E-state index in [1.54, 1.807) is 18.3 Å². The zero-order valence-electron chi connectivity index (χ0n) is 22.5. The smallest absolute Gasteiger partial charge is 0.407 e. The molecule has 212 valence electrons. The monoisotopic (exact) mass is 559 g/mol. The molecule has 10 nitrogen and oxygen atoms in total. The molecule has 0 unspecified atom stereocenters. The van der Waals surface area contributed by atoms with E-state index in [-0.39, 0.29) is 30.3 Å². The highest BCUT2D eigenvalue weighted by atomic mass is 32.2. The number of hydrogen-bond acceptors (Lipinski definition) is 8. The van der Waals surface area contributed by atoms with Crippen molar-refractivity contribution in [3.05, 3.63) is 71.9 Å². The lowest BCUT2D eigenvalue weighted by molar-refractivity contribution is -0.0907. The third-order valence-corrected chi connectivity index (χ3v) is 8.59. The number of carbonyl (C=O) groups is 1. The molecule has 5 atom stereocenters. The van der Waals surface area contributed by atoms with Crippen molar-refractivity contribution in [1.82, 2.24) is 9.62 Å². The summed E-state index contributed by atoms with van der Waals surface area (Å²) in [6.45, 7) is 4.43. The van der Waals surface area contributed by atoms with Crippen LogP contribution >= 0.6 is 0 Å². The first-order valence-corrected chi connectivity index (χ1v) is 14.4. The highest BCUT2D eigenvalue weighted by Gasteiger charge is 2.44. The minimum absolute atomic E-state index is 0.000226. The normalized spacial score (nSPS) is 22.0. The number of rotatable bonds is 11. The molecular weight excluding hydrogens is 522 g/mol. The number of nitrogens with two attached hydrogens (primary N) is 1. The average Bonchev–Trinajstić information content (AvgIpc) is 3.52. The van der Waals surface area contributed by atoms with Gasteiger partial charge in [-0.2, -0.15) is 0 Å². The van der Waals surface area contributed by atoms with Gasteiger partial charge in [0.1, 0.15) is 6.10 Å². The zero-order chi connectivity index (χ0) is 28.0. The second-order valence-corrected chi connectivity index (χ2v) is 11.9. The van der Waals surface area contributed by atoms with Gasteiger partial charge < -0.3 is 30.0 Å². The molecule has 0 saturated carbocycles. The Morgan fingerprint density at radius 1 is 1.15 bits per heavy atom. The Labute approximate surface area is 230 Å². The second-order valence-electron chi connectivity index (χ2n) is 10.0. The van der Waals surface area contributed by atoms with E-state index < -0.39 is 34.4 Å². The summed E-state index contributed by atoms with van der Waals surface area (Å²) < 4.78 is 51.2. The van der Waals surface area contributed by atoms with Crippen molar-refractivity contribution in [2.45, 2.75) is 56.1 Å². The third-order valence-electron chi connectivity index (χ3n) is 6.85. The molecule has 2 aromatic carbocycles. The quantitative estimate of drug-likeness (QED) is 0.401. The largest absolute Gasteiger partial charge is 0.443 e. The van der Waals surface area contributed by atoms with Crippen molar-refractivity contribution in [2.75, 3.05) is 32.6 Å². The van der Waals surface area contributed by atoms with Crippen LogP contribution in [0.1, 0.15) is 25.8 Å². The number of allylic oxidation sites excluding steroid dienone is 1. The second kappa shape index (κ2) is 12.8. The van der Waals surface area contributed by atoms with Gasteiger partial charge in [-0.05, 0) is 56.5 Å². The van der Waals surface area contributed by atoms with Gasteiger partial charge in [0.25, 0.3) is 10.0 Å². The van der Waals surface area contributed by atoms with E-state index in [2.05, 4.69) is 5.32 Å². The molecule has 2 fully saturated rings. The van der Waals surface area contributed by atoms with Gasteiger partial charge in [-0.1, -0.05) is 35.9 Å². The number of methoxy groups -OCH3 is 1. The van der Waals surface area contributed by atoms with Gasteiger partial charge in [0, 0.05) is 19.0 Å². The number of sulfonamides is 1. The number of nitrogens with zero attached hydrogens (tertiary/aromatic N) is 1. The Morgan fingerprint density at radius 2 is 1.87 bits per heavy atom. The molecule has 39 heavy (non-hydrogen) atoms. The molecule has 1 amide bonds. The Balaban J connectivity index is 1.56. The lowest BCUT2D eigenvalue weighted by atomic mass is 10.0. The van der Waals surface area contributed by atoms with E-state index in [1.807, 2.05) is 44.2 Å². The Bertz CT molecular complexity index is 1230. The minimum Gasteiger partial charge on any atom is -0.443 e. The predicted molar refractivity (Wildman–Crippen MR) is 146 cm³/mol. The van der Waals surface area contributed by atoms with Gasteiger partial charge in [0.05, 0.1) is 42.7 Å². The molecule has 3 N–H and O–H groups in total. The first-order valence-electron chi connectivity index (χ1n) is 13.0. The van der Waals surface area contributed by atoms with Crippen molar-refractivity contribution in [2.24, 2.45) is 5.92 Å². The first kappa shape index (κ1) is 28.9. The van der Waals surface area contributed by atoms with Gasteiger partial charge in [-0.25, -0.2) is 13.2 Å². The van der Waals surface area contributed by atoms with Crippen molar-refractivity contribution in [3.63, 3.8) is 0 Å². The van der Waals surface area contributed by atoms with Gasteiger partial charge in [0.2, 0.25) is 0 Å². The van der Waals surface area contributed by atoms with Crippen molar-refractivity contribution in [1.29, 1.82) is 0 Å². The molecule has 0 aliphatic carbocycles. The van der Waals surface area contributed by atoms with E-state index >= 15 is 0 Å². The molecule has 2 aromatic rings. The molecular formula is C28H37N3O7S. The SMILES string of the molecule is CO[C@H](CN(C=C(C)C)S(=O)(=O)c1ccc(N)cc1)[C@H](Cc1ccccc1)NC(=O)O[C@H]1CO[C@H]2OCC[C@H]21. The van der Waals surface area contributed by atoms with Crippen LogP contribution in [0.25, 0.3) is 0 Å². The highest BCUT2D eigenvalue weighted by Crippen LogP contribution is 2.33. The minimum atomic E-state index is -3.93. The third kappa shape index (κ3) is 7.30. The standard InChI is InChI=1S/C28H37N3O7S/c1-19(2)16-31(39(33,34)22-11-9-21(29)10-12-22)17-25(35-3)24(15-20-7-5-4-6-8-20)30-28(32)38-26-18-37-27-23(26)13-14-36-27/h4-12,16,23-27H,13-15,17-18,29H2,1-3H3,(H,30,32)/t23-,24-,25+,26-,27+/m0/s1. The van der Waals surface area contributed by atoms with Gasteiger partial charge in [-0.3, -0.25) is 4.31 Å². The summed E-state index contributed by atoms with van der Waals surface area (Å²) in [4.78, 5) is 13.2. The van der Waals surface area contributed by atoms with Gasteiger partial charge in [-0.15, -0.1) is 0 Å². The highest BCUT2D eigenvalue weighted by molar-refractivity contribution is 7.89. The number of alkyl carbamates (subject to hydrolysis) is 1. The van der Waals surface area contributed by atoms with E-state index in [0.29, 0.717) is 18.7 Å². The molecule has 4 rings (SSSR count). The number of benzene rings is 2. The molecule has 0 spiro atoms. The Hall–Kier alpha value is -3.12. The van der Waals surface area contributed by atoms with Crippen LogP contribution in [-0.4, -0.2) is 70.2 Å². The number of fused-ring (bicyclic) bond motifs is 1. The molecule has 11 heteroatoms. The van der Waals surface area contributed by atoms with Crippen LogP contribution in [0, 0.1) is 5.92 Å². The average molecular weight is 560 g/mol. The molecule has 0 radical (unpaired) electrons. The zero-order valence-corrected chi connectivity index (χ0v) is 23.3. The number of hydrogen-bond donors (Lipinski definition) is 2. The number of nitrogen functional groups attached to an aromatic ring is 1. The summed E-state index contributed by atoms with van der Waals surface area (Å²) in [5.74, 6) is -0.000226. The summed E-state index contributed by atoms with van der Waals surface area (Å²) in [7, 11) is -2.44. The summed E-state index contributed by atoms with van der Waals surface area (Å²) >= 11 is 0. The Kier molecular flexibility index (Phi) is 9.49. The number of nitrogens with one attached hydrogen (secondary N) is 1. The molecule has 2 saturated heterocycles. The van der Waals surface area contributed by atoms with Gasteiger partial charge in [0.15, 0.2) is 6.29 Å². The van der Waals surface area contributed by atoms with Crippen LogP contribution in [0.15, 0.2) is 71.3 Å². The number of anilines is 1. The lowest BCUT2D eigenvalue weighted by Crippen LogP contribution is -2.51. The maximum atomic E-state index is 13.6. The number of carbonyl (C=O) groups excluding carboxylic acids is 1. The molecule has 2 aliphatic heterocycles. The maximum absolute atomic E-state index is 13.6. The predicted octanol–water partition coefficient (Wildman–Crippen LogP) is 3.30. The fourth-order valence-corrected chi connectivity index (χ4v) is 6.28. The topological polar surface area (TPSA) is 129 Å². The lowest BCUT2D eigenvalue weighted by Gasteiger charge is -2.32. The number of ether oxygens (including phenoxy) is 4. The van der Waals surface area contributed by atoms with E-state index in [9.17, 15) is 13.2 Å². The Morgan fingerprint density at radius 3 is 2.54 bits per heavy atom. The molecule has 2 aliphatic rings. The molecule has 0 bridgehead atoms. The number of amides is 1. The van der Waals surface area contributed by atoms with Crippen molar-refractivity contribution < 1.29 is 32.2 Å². The van der Waals surface area contributed by atoms with Crippen LogP contribution in [0.4, 0.5) is 10.5 Å². The van der Waals surface area contributed by atoms with Gasteiger partial charge >= 0.3 is 6.09 Å². The van der Waals surface area contributed by atoms with Crippen molar-refractivity contribution in [3.8, 4) is 0 Å². The van der Waals surface area contributed by atoms with E-state index in [4.69, 9.17) is 24.7 Å². The van der Waals surface area contributed by atoms with Crippen LogP contribution in [-0.2, 0) is 35.4 Å². The summed E-state index contributed by atoms with van der Waals surface area (Å²) in [5.41, 5.74) is 7.97. The fourth-order valence-electron chi connectivity index (χ4n) is 4.84. The van der Waals surface area contributed by atoms with Crippen LogP contribution in [0.3, 0.4) is 0 Å². The first-order chi connectivity index (χ1) is 18.7. The van der Waals surface area contributed by atoms with Crippen LogP contribution in [0.5, 0.6) is 0 Å². The maximum Gasteiger partial charge on any atom is 0.407 e. The molecule has 0 aromatic heterocycles. The van der Waals surface area contributed by atoms with Crippen LogP contribution < -0.4 is 11.1 Å². The summed E-state index contributed by atoms with van der Waals surface area (Å²) in [6.07, 6.45) is 0.640. The van der Waals surface area contributed by atoms with E-state index in [0.717, 1.165) is 17.6 Å².